The molecular formula is C17H26O4. The Labute approximate surface area is 127 Å². The molecule has 0 saturated carbocycles. The van der Waals surface area contributed by atoms with Crippen molar-refractivity contribution in [3.05, 3.63) is 24.8 Å². The van der Waals surface area contributed by atoms with E-state index < -0.39 is 17.4 Å². The first-order valence-corrected chi connectivity index (χ1v) is 7.57. The molecule has 4 heteroatoms. The van der Waals surface area contributed by atoms with E-state index in [1.807, 2.05) is 18.2 Å². The molecule has 0 aromatic heterocycles. The van der Waals surface area contributed by atoms with Crippen LogP contribution in [0.1, 0.15) is 44.9 Å². The van der Waals surface area contributed by atoms with E-state index in [9.17, 15) is 9.59 Å². The van der Waals surface area contributed by atoms with Crippen molar-refractivity contribution in [2.45, 2.75) is 44.9 Å². The number of esters is 2. The number of hydrogen-bond donors (Lipinski definition) is 0. The van der Waals surface area contributed by atoms with E-state index in [-0.39, 0.29) is 5.92 Å². The molecule has 1 rings (SSSR count). The largest absolute Gasteiger partial charge is 0.468 e. The summed E-state index contributed by atoms with van der Waals surface area (Å²) in [4.78, 5) is 24.8. The van der Waals surface area contributed by atoms with Gasteiger partial charge in [-0.25, -0.2) is 0 Å². The van der Waals surface area contributed by atoms with Crippen molar-refractivity contribution in [3.63, 3.8) is 0 Å². The fraction of sp³-hybridized carbons (Fsp3) is 0.647. The second-order valence-electron chi connectivity index (χ2n) is 5.45. The molecule has 0 heterocycles. The van der Waals surface area contributed by atoms with Gasteiger partial charge in [-0.15, -0.1) is 6.58 Å². The van der Waals surface area contributed by atoms with Crippen molar-refractivity contribution in [3.8, 4) is 0 Å². The minimum absolute atomic E-state index is 0.144. The molecule has 0 amide bonds. The molecule has 0 aromatic rings. The summed E-state index contributed by atoms with van der Waals surface area (Å²) in [5, 5.41) is 0. The van der Waals surface area contributed by atoms with Crippen LogP contribution in [0.4, 0.5) is 0 Å². The zero-order chi connectivity index (χ0) is 15.7. The topological polar surface area (TPSA) is 52.6 Å². The van der Waals surface area contributed by atoms with Gasteiger partial charge in [0.15, 0.2) is 5.41 Å². The Morgan fingerprint density at radius 1 is 1.29 bits per heavy atom. The fourth-order valence-corrected chi connectivity index (χ4v) is 3.06. The van der Waals surface area contributed by atoms with E-state index in [1.165, 1.54) is 14.2 Å². The first-order chi connectivity index (χ1) is 10.1. The van der Waals surface area contributed by atoms with Crippen LogP contribution in [0.25, 0.3) is 0 Å². The minimum Gasteiger partial charge on any atom is -0.468 e. The van der Waals surface area contributed by atoms with E-state index in [0.29, 0.717) is 6.42 Å². The maximum atomic E-state index is 12.4. The van der Waals surface area contributed by atoms with Crippen LogP contribution in [0.5, 0.6) is 0 Å². The lowest BCUT2D eigenvalue weighted by atomic mass is 9.68. The highest BCUT2D eigenvalue weighted by Crippen LogP contribution is 2.42. The highest BCUT2D eigenvalue weighted by Gasteiger charge is 2.52. The van der Waals surface area contributed by atoms with Gasteiger partial charge in [-0.3, -0.25) is 9.59 Å². The van der Waals surface area contributed by atoms with Crippen molar-refractivity contribution in [1.82, 2.24) is 0 Å². The third-order valence-electron chi connectivity index (χ3n) is 4.22. The zero-order valence-corrected chi connectivity index (χ0v) is 13.1. The van der Waals surface area contributed by atoms with Crippen LogP contribution in [0, 0.1) is 11.3 Å². The summed E-state index contributed by atoms with van der Waals surface area (Å²) < 4.78 is 9.91. The van der Waals surface area contributed by atoms with Gasteiger partial charge in [0, 0.05) is 5.92 Å². The van der Waals surface area contributed by atoms with Crippen LogP contribution < -0.4 is 0 Å². The van der Waals surface area contributed by atoms with Gasteiger partial charge in [-0.1, -0.05) is 24.6 Å². The number of unbranched alkanes of at least 4 members (excludes halogenated alkanes) is 2. The second-order valence-corrected chi connectivity index (χ2v) is 5.45. The van der Waals surface area contributed by atoms with Gasteiger partial charge in [0.1, 0.15) is 0 Å². The molecule has 21 heavy (non-hydrogen) atoms. The predicted molar refractivity (Wildman–Crippen MR) is 81.6 cm³/mol. The standard InChI is InChI=1S/C17H26O4/c1-4-5-6-10-13-17(15(18)20-2,16(19)21-3)14-11-8-7-9-12-14/h4,8,11,14H,1,5-7,9-10,12-13H2,2-3H3. The van der Waals surface area contributed by atoms with Crippen LogP contribution >= 0.6 is 0 Å². The first-order valence-electron chi connectivity index (χ1n) is 7.57. The molecule has 1 aliphatic rings. The highest BCUT2D eigenvalue weighted by atomic mass is 16.5. The molecule has 0 bridgehead atoms. The van der Waals surface area contributed by atoms with Crippen LogP contribution in [-0.2, 0) is 19.1 Å². The van der Waals surface area contributed by atoms with Crippen molar-refractivity contribution >= 4 is 11.9 Å². The number of carbonyl (C=O) groups excluding carboxylic acids is 2. The van der Waals surface area contributed by atoms with E-state index in [1.54, 1.807) is 0 Å². The van der Waals surface area contributed by atoms with Gasteiger partial charge in [0.05, 0.1) is 14.2 Å². The van der Waals surface area contributed by atoms with E-state index in [0.717, 1.165) is 38.5 Å². The lowest BCUT2D eigenvalue weighted by Crippen LogP contribution is -2.47. The summed E-state index contributed by atoms with van der Waals surface area (Å²) in [5.74, 6) is -1.11. The molecule has 118 valence electrons. The zero-order valence-electron chi connectivity index (χ0n) is 13.1. The quantitative estimate of drug-likeness (QED) is 0.298. The maximum absolute atomic E-state index is 12.4. The summed E-state index contributed by atoms with van der Waals surface area (Å²) in [5.41, 5.74) is -1.21. The molecule has 0 N–H and O–H groups in total. The monoisotopic (exact) mass is 294 g/mol. The Morgan fingerprint density at radius 2 is 1.95 bits per heavy atom. The van der Waals surface area contributed by atoms with Crippen LogP contribution in [0.3, 0.4) is 0 Å². The Morgan fingerprint density at radius 3 is 2.43 bits per heavy atom. The Hall–Kier alpha value is -1.58. The van der Waals surface area contributed by atoms with Gasteiger partial charge in [-0.05, 0) is 38.5 Å². The average molecular weight is 294 g/mol. The van der Waals surface area contributed by atoms with Gasteiger partial charge >= 0.3 is 11.9 Å². The lowest BCUT2D eigenvalue weighted by Gasteiger charge is -2.35. The first kappa shape index (κ1) is 17.5. The molecule has 1 unspecified atom stereocenters. The Kier molecular flexibility index (Phi) is 7.20. The molecular weight excluding hydrogens is 268 g/mol. The number of methoxy groups -OCH3 is 2. The third kappa shape index (κ3) is 3.96. The number of allylic oxidation sites excluding steroid dienone is 3. The van der Waals surface area contributed by atoms with E-state index in [2.05, 4.69) is 6.58 Å². The predicted octanol–water partition coefficient (Wildman–Crippen LogP) is 3.42. The van der Waals surface area contributed by atoms with Crippen molar-refractivity contribution < 1.29 is 19.1 Å². The average Bonchev–Trinajstić information content (AvgIpc) is 2.54. The summed E-state index contributed by atoms with van der Waals surface area (Å²) in [6.45, 7) is 3.69. The summed E-state index contributed by atoms with van der Waals surface area (Å²) in [7, 11) is 2.66. The lowest BCUT2D eigenvalue weighted by molar-refractivity contribution is -0.173. The van der Waals surface area contributed by atoms with E-state index in [4.69, 9.17) is 9.47 Å². The van der Waals surface area contributed by atoms with Crippen molar-refractivity contribution in [2.75, 3.05) is 14.2 Å². The molecule has 4 nitrogen and oxygen atoms in total. The van der Waals surface area contributed by atoms with Gasteiger partial charge in [-0.2, -0.15) is 0 Å². The fourth-order valence-electron chi connectivity index (χ4n) is 3.06. The van der Waals surface area contributed by atoms with Crippen molar-refractivity contribution in [1.29, 1.82) is 0 Å². The second kappa shape index (κ2) is 8.65. The van der Waals surface area contributed by atoms with E-state index >= 15 is 0 Å². The molecule has 0 aromatic carbocycles. The van der Waals surface area contributed by atoms with Crippen molar-refractivity contribution in [2.24, 2.45) is 11.3 Å². The van der Waals surface area contributed by atoms with Crippen LogP contribution in [-0.4, -0.2) is 26.2 Å². The van der Waals surface area contributed by atoms with Crippen LogP contribution in [0.15, 0.2) is 24.8 Å². The molecule has 0 fully saturated rings. The molecule has 1 aliphatic carbocycles. The Bertz CT molecular complexity index is 382. The molecule has 0 aliphatic heterocycles. The number of carbonyl (C=O) groups is 2. The summed E-state index contributed by atoms with van der Waals surface area (Å²) in [6.07, 6.45) is 11.6. The van der Waals surface area contributed by atoms with Gasteiger partial charge < -0.3 is 9.47 Å². The SMILES string of the molecule is C=CCCCCC(C(=O)OC)(C(=O)OC)C1C=CCCC1. The number of hydrogen-bond acceptors (Lipinski definition) is 4. The minimum atomic E-state index is -1.21. The summed E-state index contributed by atoms with van der Waals surface area (Å²) >= 11 is 0. The maximum Gasteiger partial charge on any atom is 0.323 e. The molecule has 0 spiro atoms. The van der Waals surface area contributed by atoms with Gasteiger partial charge in [0.25, 0.3) is 0 Å². The van der Waals surface area contributed by atoms with Gasteiger partial charge in [0.2, 0.25) is 0 Å². The van der Waals surface area contributed by atoms with Crippen LogP contribution in [0.2, 0.25) is 0 Å². The number of rotatable bonds is 8. The highest BCUT2D eigenvalue weighted by molar-refractivity contribution is 6.00. The third-order valence-corrected chi connectivity index (χ3v) is 4.22. The molecule has 1 atom stereocenters. The summed E-state index contributed by atoms with van der Waals surface area (Å²) in [6, 6.07) is 0. The normalized spacial score (nSPS) is 18.1. The Balaban J connectivity index is 3.04. The molecule has 0 saturated heterocycles. The number of ether oxygens (including phenoxy) is 2. The molecule has 0 radical (unpaired) electrons. The smallest absolute Gasteiger partial charge is 0.323 e.